The molecule has 0 aromatic heterocycles. The maximum atomic E-state index is 12.8. The van der Waals surface area contributed by atoms with Crippen LogP contribution in [0.25, 0.3) is 0 Å². The molecule has 4 aliphatic carbocycles. The number of aliphatic hydroxyl groups excluding tert-OH is 1. The summed E-state index contributed by atoms with van der Waals surface area (Å²) in [7, 11) is 0. The molecule has 0 aromatic rings. The molecule has 4 saturated carbocycles. The highest BCUT2D eigenvalue weighted by atomic mass is 16.5. The first-order valence-corrected chi connectivity index (χ1v) is 9.79. The smallest absolute Gasteiger partial charge is 0.176 e. The maximum Gasteiger partial charge on any atom is 0.176 e. The molecule has 4 heteroatoms. The van der Waals surface area contributed by atoms with E-state index in [1.807, 2.05) is 6.92 Å². The van der Waals surface area contributed by atoms with Crippen LogP contribution in [0.4, 0.5) is 0 Å². The van der Waals surface area contributed by atoms with E-state index in [-0.39, 0.29) is 29.1 Å². The second kappa shape index (κ2) is 5.05. The number of ketones is 1. The predicted molar refractivity (Wildman–Crippen MR) is 89.8 cm³/mol. The second-order valence-electron chi connectivity index (χ2n) is 9.78. The Morgan fingerprint density at radius 1 is 1.04 bits per heavy atom. The van der Waals surface area contributed by atoms with Crippen molar-refractivity contribution in [3.63, 3.8) is 0 Å². The summed E-state index contributed by atoms with van der Waals surface area (Å²) in [6, 6.07) is 0. The summed E-state index contributed by atoms with van der Waals surface area (Å²) in [5, 5.41) is 31.8. The van der Waals surface area contributed by atoms with Crippen molar-refractivity contribution in [2.24, 2.45) is 40.4 Å². The van der Waals surface area contributed by atoms with Crippen molar-refractivity contribution in [1.82, 2.24) is 0 Å². The van der Waals surface area contributed by atoms with Crippen LogP contribution in [0.5, 0.6) is 0 Å². The number of Topliss-reactive ketones (excluding diaryl/α,β-unsaturated/α-hetero) is 1. The van der Waals surface area contributed by atoms with Gasteiger partial charge in [-0.2, -0.15) is 0 Å². The summed E-state index contributed by atoms with van der Waals surface area (Å²) in [6.07, 6.45) is 6.39. The van der Waals surface area contributed by atoms with Crippen molar-refractivity contribution in [2.45, 2.75) is 77.6 Å². The van der Waals surface area contributed by atoms with Crippen LogP contribution in [0.1, 0.15) is 65.7 Å². The molecule has 4 rings (SSSR count). The Bertz CT molecular complexity index is 558. The minimum Gasteiger partial charge on any atom is -0.393 e. The van der Waals surface area contributed by atoms with E-state index >= 15 is 0 Å². The van der Waals surface area contributed by atoms with Crippen LogP contribution in [0.2, 0.25) is 0 Å². The van der Waals surface area contributed by atoms with Crippen molar-refractivity contribution in [2.75, 3.05) is 0 Å². The lowest BCUT2D eigenvalue weighted by Gasteiger charge is -2.60. The molecule has 0 aliphatic heterocycles. The molecule has 0 aromatic carbocycles. The molecule has 0 radical (unpaired) electrons. The van der Waals surface area contributed by atoms with E-state index in [1.54, 1.807) is 6.92 Å². The molecule has 0 spiro atoms. The highest BCUT2D eigenvalue weighted by Crippen LogP contribution is 2.67. The topological polar surface area (TPSA) is 77.8 Å². The molecule has 4 fully saturated rings. The van der Waals surface area contributed by atoms with E-state index in [9.17, 15) is 20.1 Å². The van der Waals surface area contributed by atoms with Gasteiger partial charge >= 0.3 is 0 Å². The van der Waals surface area contributed by atoms with Crippen LogP contribution < -0.4 is 0 Å². The Labute approximate surface area is 144 Å². The fourth-order valence-corrected chi connectivity index (χ4v) is 7.46. The molecule has 0 amide bonds. The minimum atomic E-state index is -1.87. The van der Waals surface area contributed by atoms with Gasteiger partial charge in [0.1, 0.15) is 5.78 Å². The Morgan fingerprint density at radius 2 is 1.75 bits per heavy atom. The van der Waals surface area contributed by atoms with Crippen molar-refractivity contribution in [3.8, 4) is 0 Å². The van der Waals surface area contributed by atoms with Gasteiger partial charge in [0, 0.05) is 11.3 Å². The number of aliphatic hydroxyl groups is 3. The third-order valence-electron chi connectivity index (χ3n) is 8.86. The van der Waals surface area contributed by atoms with E-state index < -0.39 is 17.1 Å². The fraction of sp³-hybridized carbons (Fsp3) is 0.950. The molecule has 8 atom stereocenters. The molecular formula is C20H32O4. The van der Waals surface area contributed by atoms with Gasteiger partial charge in [-0.3, -0.25) is 4.79 Å². The summed E-state index contributed by atoms with van der Waals surface area (Å²) < 4.78 is 0. The lowest BCUT2D eigenvalue weighted by atomic mass is 9.45. The lowest BCUT2D eigenvalue weighted by molar-refractivity contribution is -0.255. The van der Waals surface area contributed by atoms with Gasteiger partial charge in [0.2, 0.25) is 0 Å². The van der Waals surface area contributed by atoms with Gasteiger partial charge in [-0.25, -0.2) is 0 Å². The van der Waals surface area contributed by atoms with E-state index in [2.05, 4.69) is 6.92 Å². The summed E-state index contributed by atoms with van der Waals surface area (Å²) in [4.78, 5) is 12.8. The average molecular weight is 336 g/mol. The van der Waals surface area contributed by atoms with E-state index in [4.69, 9.17) is 0 Å². The fourth-order valence-electron chi connectivity index (χ4n) is 7.46. The van der Waals surface area contributed by atoms with Crippen LogP contribution in [0.3, 0.4) is 0 Å². The quantitative estimate of drug-likeness (QED) is 0.594. The number of carbonyl (C=O) groups excluding carboxylic acids is 1. The average Bonchev–Trinajstić information content (AvgIpc) is 2.66. The van der Waals surface area contributed by atoms with Gasteiger partial charge in [-0.15, -0.1) is 0 Å². The molecule has 4 aliphatic rings. The third kappa shape index (κ3) is 1.94. The van der Waals surface area contributed by atoms with E-state index in [0.29, 0.717) is 11.8 Å². The van der Waals surface area contributed by atoms with Crippen LogP contribution >= 0.6 is 0 Å². The number of fused-ring (bicyclic) bond motifs is 5. The normalized spacial score (nSPS) is 56.3. The summed E-state index contributed by atoms with van der Waals surface area (Å²) in [6.45, 7) is 6.02. The first-order valence-electron chi connectivity index (χ1n) is 9.79. The minimum absolute atomic E-state index is 0.0438. The zero-order valence-corrected chi connectivity index (χ0v) is 15.2. The molecule has 0 saturated heterocycles. The number of rotatable bonds is 0. The second-order valence-corrected chi connectivity index (χ2v) is 9.78. The predicted octanol–water partition coefficient (Wildman–Crippen LogP) is 2.50. The Balaban J connectivity index is 1.72. The summed E-state index contributed by atoms with van der Waals surface area (Å²) in [5.74, 6) is -1.66. The summed E-state index contributed by atoms with van der Waals surface area (Å²) in [5.41, 5.74) is -0.407. The molecule has 24 heavy (non-hydrogen) atoms. The molecule has 136 valence electrons. The van der Waals surface area contributed by atoms with Gasteiger partial charge in [-0.05, 0) is 68.1 Å². The van der Waals surface area contributed by atoms with Gasteiger partial charge < -0.3 is 15.3 Å². The zero-order chi connectivity index (χ0) is 17.5. The molecule has 1 unspecified atom stereocenters. The molecular weight excluding hydrogens is 304 g/mol. The molecule has 3 N–H and O–H groups in total. The van der Waals surface area contributed by atoms with E-state index in [0.717, 1.165) is 44.9 Å². The monoisotopic (exact) mass is 336 g/mol. The van der Waals surface area contributed by atoms with Gasteiger partial charge in [0.15, 0.2) is 5.79 Å². The van der Waals surface area contributed by atoms with Gasteiger partial charge in [-0.1, -0.05) is 20.8 Å². The number of hydrogen-bond acceptors (Lipinski definition) is 4. The SMILES string of the molecule is CC1C(=O)[C@@]2(C)CC[C@H]3[C@@H](CC[C@H]4C[C@H](O)CC[C@@]43C)[C@@H]2C1(O)O. The lowest BCUT2D eigenvalue weighted by Crippen LogP contribution is -2.57. The zero-order valence-electron chi connectivity index (χ0n) is 15.2. The highest BCUT2D eigenvalue weighted by Gasteiger charge is 2.70. The first-order chi connectivity index (χ1) is 11.1. The molecule has 0 bridgehead atoms. The first kappa shape index (κ1) is 17.0. The van der Waals surface area contributed by atoms with Crippen LogP contribution in [-0.2, 0) is 4.79 Å². The number of carbonyl (C=O) groups is 1. The Hall–Kier alpha value is -0.450. The van der Waals surface area contributed by atoms with E-state index in [1.165, 1.54) is 0 Å². The number of hydrogen-bond donors (Lipinski definition) is 3. The molecule has 0 heterocycles. The van der Waals surface area contributed by atoms with Crippen molar-refractivity contribution >= 4 is 5.78 Å². The van der Waals surface area contributed by atoms with Crippen molar-refractivity contribution in [3.05, 3.63) is 0 Å². The molecule has 4 nitrogen and oxygen atoms in total. The van der Waals surface area contributed by atoms with Crippen LogP contribution in [-0.4, -0.2) is 33.0 Å². The Kier molecular flexibility index (Phi) is 3.57. The van der Waals surface area contributed by atoms with Crippen LogP contribution in [0.15, 0.2) is 0 Å². The largest absolute Gasteiger partial charge is 0.393 e. The van der Waals surface area contributed by atoms with Crippen LogP contribution in [0, 0.1) is 40.4 Å². The third-order valence-corrected chi connectivity index (χ3v) is 8.86. The van der Waals surface area contributed by atoms with Gasteiger partial charge in [0.25, 0.3) is 0 Å². The standard InChI is InChI=1S/C20H32O4/c1-11-17(22)19(3)9-7-15-14(16(19)20(11,23)24)5-4-12-10-13(21)6-8-18(12,15)2/h11-16,21,23-24H,4-10H2,1-3H3/t11?,12-,13+,14+,15-,16-,18-,19-/m0/s1. The maximum absolute atomic E-state index is 12.8. The Morgan fingerprint density at radius 3 is 2.46 bits per heavy atom. The van der Waals surface area contributed by atoms with Gasteiger partial charge in [0.05, 0.1) is 12.0 Å². The van der Waals surface area contributed by atoms with Crippen molar-refractivity contribution < 1.29 is 20.1 Å². The van der Waals surface area contributed by atoms with Crippen molar-refractivity contribution in [1.29, 1.82) is 0 Å². The summed E-state index contributed by atoms with van der Waals surface area (Å²) >= 11 is 0. The highest BCUT2D eigenvalue weighted by molar-refractivity contribution is 5.90.